The topological polar surface area (TPSA) is 33.1 Å². The fourth-order valence-corrected chi connectivity index (χ4v) is 2.88. The molecule has 1 aromatic heterocycles. The van der Waals surface area contributed by atoms with Gasteiger partial charge in [-0.25, -0.2) is 9.37 Å². The van der Waals surface area contributed by atoms with Crippen LogP contribution in [0.3, 0.4) is 0 Å². The number of thiazole rings is 1. The van der Waals surface area contributed by atoms with E-state index in [2.05, 4.69) is 4.98 Å². The lowest BCUT2D eigenvalue weighted by molar-refractivity contribution is 0.477. The van der Waals surface area contributed by atoms with Crippen LogP contribution in [0.4, 0.5) is 4.39 Å². The molecule has 90 valence electrons. The van der Waals surface area contributed by atoms with Crippen LogP contribution >= 0.6 is 22.9 Å². The van der Waals surface area contributed by atoms with E-state index in [9.17, 15) is 9.50 Å². The van der Waals surface area contributed by atoms with Crippen molar-refractivity contribution in [1.82, 2.24) is 4.98 Å². The van der Waals surface area contributed by atoms with Gasteiger partial charge in [0.2, 0.25) is 0 Å². The predicted molar refractivity (Wildman–Crippen MR) is 71.7 cm³/mol. The highest BCUT2D eigenvalue weighted by molar-refractivity contribution is 7.21. The lowest BCUT2D eigenvalue weighted by Gasteiger charge is -2.00. The third kappa shape index (κ3) is 1.94. The standard InChI is InChI=1S/C13H7ClFNOS/c14-7-1-4-11(17)9(5-7)13-16-10-3-2-8(15)6-12(10)18-13/h1-6,17H. The number of phenolic OH excluding ortho intramolecular Hbond substituents is 1. The molecule has 0 aliphatic rings. The van der Waals surface area contributed by atoms with Crippen LogP contribution in [0.15, 0.2) is 36.4 Å². The quantitative estimate of drug-likeness (QED) is 0.713. The van der Waals surface area contributed by atoms with E-state index in [0.717, 1.165) is 4.70 Å². The van der Waals surface area contributed by atoms with Gasteiger partial charge in [-0.1, -0.05) is 11.6 Å². The Kier molecular flexibility index (Phi) is 2.69. The second kappa shape index (κ2) is 4.23. The van der Waals surface area contributed by atoms with Crippen molar-refractivity contribution in [1.29, 1.82) is 0 Å². The van der Waals surface area contributed by atoms with E-state index in [1.54, 1.807) is 18.2 Å². The molecule has 0 spiro atoms. The zero-order valence-electron chi connectivity index (χ0n) is 9.02. The number of fused-ring (bicyclic) bond motifs is 1. The largest absolute Gasteiger partial charge is 0.507 e. The van der Waals surface area contributed by atoms with E-state index >= 15 is 0 Å². The summed E-state index contributed by atoms with van der Waals surface area (Å²) in [6.07, 6.45) is 0. The summed E-state index contributed by atoms with van der Waals surface area (Å²) in [4.78, 5) is 4.36. The van der Waals surface area contributed by atoms with Crippen molar-refractivity contribution in [3.8, 4) is 16.3 Å². The highest BCUT2D eigenvalue weighted by Gasteiger charge is 2.11. The van der Waals surface area contributed by atoms with E-state index in [0.29, 0.717) is 21.1 Å². The minimum absolute atomic E-state index is 0.110. The lowest BCUT2D eigenvalue weighted by Crippen LogP contribution is -1.78. The maximum Gasteiger partial charge on any atom is 0.128 e. The van der Waals surface area contributed by atoms with Crippen LogP contribution in [0.1, 0.15) is 0 Å². The van der Waals surface area contributed by atoms with Crippen LogP contribution in [-0.4, -0.2) is 10.1 Å². The van der Waals surface area contributed by atoms with Gasteiger partial charge in [0.15, 0.2) is 0 Å². The minimum Gasteiger partial charge on any atom is -0.507 e. The third-order valence-electron chi connectivity index (χ3n) is 2.54. The zero-order valence-corrected chi connectivity index (χ0v) is 10.6. The molecule has 3 aromatic rings. The maximum atomic E-state index is 13.1. The van der Waals surface area contributed by atoms with Gasteiger partial charge >= 0.3 is 0 Å². The summed E-state index contributed by atoms with van der Waals surface area (Å²) in [5.41, 5.74) is 1.26. The summed E-state index contributed by atoms with van der Waals surface area (Å²) in [6.45, 7) is 0. The number of halogens is 2. The summed E-state index contributed by atoms with van der Waals surface area (Å²) in [7, 11) is 0. The Bertz CT molecular complexity index is 741. The molecule has 0 amide bonds. The molecule has 0 radical (unpaired) electrons. The molecule has 3 rings (SSSR count). The van der Waals surface area contributed by atoms with Crippen molar-refractivity contribution in [3.63, 3.8) is 0 Å². The molecule has 0 atom stereocenters. The van der Waals surface area contributed by atoms with Crippen molar-refractivity contribution in [3.05, 3.63) is 47.2 Å². The van der Waals surface area contributed by atoms with Crippen LogP contribution < -0.4 is 0 Å². The molecule has 0 saturated heterocycles. The first-order valence-electron chi connectivity index (χ1n) is 5.18. The average molecular weight is 280 g/mol. The second-order valence-electron chi connectivity index (χ2n) is 3.79. The molecule has 0 fully saturated rings. The Morgan fingerprint density at radius 1 is 1.17 bits per heavy atom. The highest BCUT2D eigenvalue weighted by Crippen LogP contribution is 2.36. The van der Waals surface area contributed by atoms with Gasteiger partial charge in [0.05, 0.1) is 15.8 Å². The zero-order chi connectivity index (χ0) is 12.7. The van der Waals surface area contributed by atoms with Crippen molar-refractivity contribution < 1.29 is 9.50 Å². The Morgan fingerprint density at radius 3 is 2.83 bits per heavy atom. The van der Waals surface area contributed by atoms with Gasteiger partial charge in [-0.05, 0) is 36.4 Å². The number of nitrogens with zero attached hydrogens (tertiary/aromatic N) is 1. The van der Waals surface area contributed by atoms with E-state index in [1.165, 1.54) is 29.5 Å². The number of phenols is 1. The molecular formula is C13H7ClFNOS. The van der Waals surface area contributed by atoms with Crippen LogP contribution in [0.25, 0.3) is 20.8 Å². The van der Waals surface area contributed by atoms with Crippen LogP contribution in [0, 0.1) is 5.82 Å². The van der Waals surface area contributed by atoms with Gasteiger partial charge in [0.25, 0.3) is 0 Å². The number of hydrogen-bond acceptors (Lipinski definition) is 3. The van der Waals surface area contributed by atoms with Crippen molar-refractivity contribution in [2.75, 3.05) is 0 Å². The fraction of sp³-hybridized carbons (Fsp3) is 0. The summed E-state index contributed by atoms with van der Waals surface area (Å²) in [5, 5.41) is 10.9. The summed E-state index contributed by atoms with van der Waals surface area (Å²) < 4.78 is 13.8. The number of aromatic nitrogens is 1. The molecule has 2 aromatic carbocycles. The lowest BCUT2D eigenvalue weighted by atomic mass is 10.2. The first kappa shape index (κ1) is 11.4. The number of benzene rings is 2. The second-order valence-corrected chi connectivity index (χ2v) is 5.26. The fourth-order valence-electron chi connectivity index (χ4n) is 1.69. The van der Waals surface area contributed by atoms with Gasteiger partial charge in [0.1, 0.15) is 16.6 Å². The van der Waals surface area contributed by atoms with E-state index < -0.39 is 0 Å². The maximum absolute atomic E-state index is 13.1. The molecule has 0 unspecified atom stereocenters. The molecule has 18 heavy (non-hydrogen) atoms. The Hall–Kier alpha value is -1.65. The molecule has 0 aliphatic carbocycles. The molecule has 5 heteroatoms. The summed E-state index contributed by atoms with van der Waals surface area (Å²) in [6, 6.07) is 9.18. The number of rotatable bonds is 1. The summed E-state index contributed by atoms with van der Waals surface area (Å²) >= 11 is 7.21. The number of aromatic hydroxyl groups is 1. The Labute approximate surface area is 111 Å². The molecule has 0 saturated carbocycles. The number of hydrogen-bond donors (Lipinski definition) is 1. The minimum atomic E-state index is -0.298. The predicted octanol–water partition coefficient (Wildman–Crippen LogP) is 4.46. The van der Waals surface area contributed by atoms with Gasteiger partial charge < -0.3 is 5.11 Å². The molecule has 1 heterocycles. The van der Waals surface area contributed by atoms with E-state index in [4.69, 9.17) is 11.6 Å². The Morgan fingerprint density at radius 2 is 2.00 bits per heavy atom. The van der Waals surface area contributed by atoms with Crippen LogP contribution in [-0.2, 0) is 0 Å². The molecular weight excluding hydrogens is 273 g/mol. The smallest absolute Gasteiger partial charge is 0.128 e. The van der Waals surface area contributed by atoms with E-state index in [-0.39, 0.29) is 11.6 Å². The molecule has 0 bridgehead atoms. The van der Waals surface area contributed by atoms with Gasteiger partial charge in [-0.3, -0.25) is 0 Å². The van der Waals surface area contributed by atoms with Gasteiger partial charge in [0, 0.05) is 5.02 Å². The van der Waals surface area contributed by atoms with Gasteiger partial charge in [-0.15, -0.1) is 11.3 Å². The Balaban J connectivity index is 2.22. The highest BCUT2D eigenvalue weighted by atomic mass is 35.5. The van der Waals surface area contributed by atoms with Crippen molar-refractivity contribution in [2.45, 2.75) is 0 Å². The normalized spacial score (nSPS) is 11.0. The SMILES string of the molecule is Oc1ccc(Cl)cc1-c1nc2ccc(F)cc2s1. The molecule has 0 aliphatic heterocycles. The van der Waals surface area contributed by atoms with E-state index in [1.807, 2.05) is 0 Å². The van der Waals surface area contributed by atoms with Crippen molar-refractivity contribution >= 4 is 33.2 Å². The van der Waals surface area contributed by atoms with Crippen LogP contribution in [0.2, 0.25) is 5.02 Å². The molecule has 2 nitrogen and oxygen atoms in total. The first-order chi connectivity index (χ1) is 8.63. The molecule has 1 N–H and O–H groups in total. The summed E-state index contributed by atoms with van der Waals surface area (Å²) in [5.74, 6) is -0.188. The first-order valence-corrected chi connectivity index (χ1v) is 6.38. The van der Waals surface area contributed by atoms with Crippen molar-refractivity contribution in [2.24, 2.45) is 0 Å². The van der Waals surface area contributed by atoms with Crippen LogP contribution in [0.5, 0.6) is 5.75 Å². The third-order valence-corrected chi connectivity index (χ3v) is 3.83. The average Bonchev–Trinajstić information content (AvgIpc) is 2.74. The van der Waals surface area contributed by atoms with Gasteiger partial charge in [-0.2, -0.15) is 0 Å². The monoisotopic (exact) mass is 279 g/mol.